The Balaban J connectivity index is 2.18. The number of hydrogen-bond donors (Lipinski definition) is 1. The third-order valence-corrected chi connectivity index (χ3v) is 2.72. The van der Waals surface area contributed by atoms with Gasteiger partial charge in [0.2, 0.25) is 0 Å². The SMILES string of the molecule is N#Cc1ccc(-c2cc3ccccc3o2)[nH]c1=O. The molecule has 86 valence electrons. The van der Waals surface area contributed by atoms with Crippen LogP contribution < -0.4 is 5.56 Å². The molecule has 0 bridgehead atoms. The van der Waals surface area contributed by atoms with Crippen molar-refractivity contribution < 1.29 is 4.42 Å². The Morgan fingerprint density at radius 3 is 2.72 bits per heavy atom. The van der Waals surface area contributed by atoms with Crippen molar-refractivity contribution in [1.82, 2.24) is 4.98 Å². The van der Waals surface area contributed by atoms with Gasteiger partial charge in [0.15, 0.2) is 5.76 Å². The summed E-state index contributed by atoms with van der Waals surface area (Å²) in [6.07, 6.45) is 0. The Morgan fingerprint density at radius 2 is 2.00 bits per heavy atom. The highest BCUT2D eigenvalue weighted by Crippen LogP contribution is 2.25. The summed E-state index contributed by atoms with van der Waals surface area (Å²) in [4.78, 5) is 14.2. The molecule has 0 atom stereocenters. The molecule has 4 heteroatoms. The fourth-order valence-corrected chi connectivity index (χ4v) is 1.82. The first-order chi connectivity index (χ1) is 8.78. The van der Waals surface area contributed by atoms with Gasteiger partial charge in [-0.05, 0) is 24.3 Å². The predicted molar refractivity (Wildman–Crippen MR) is 67.0 cm³/mol. The van der Waals surface area contributed by atoms with Crippen LogP contribution >= 0.6 is 0 Å². The Kier molecular flexibility index (Phi) is 2.24. The lowest BCUT2D eigenvalue weighted by Crippen LogP contribution is -2.09. The van der Waals surface area contributed by atoms with E-state index in [1.807, 2.05) is 36.4 Å². The van der Waals surface area contributed by atoms with Gasteiger partial charge in [0.25, 0.3) is 5.56 Å². The van der Waals surface area contributed by atoms with Gasteiger partial charge >= 0.3 is 0 Å². The highest BCUT2D eigenvalue weighted by atomic mass is 16.3. The summed E-state index contributed by atoms with van der Waals surface area (Å²) in [6.45, 7) is 0. The summed E-state index contributed by atoms with van der Waals surface area (Å²) in [7, 11) is 0. The highest BCUT2D eigenvalue weighted by molar-refractivity contribution is 5.82. The first kappa shape index (κ1) is 10.4. The monoisotopic (exact) mass is 236 g/mol. The second-order valence-corrected chi connectivity index (χ2v) is 3.88. The molecule has 0 spiro atoms. The van der Waals surface area contributed by atoms with Crippen molar-refractivity contribution in [1.29, 1.82) is 5.26 Å². The summed E-state index contributed by atoms with van der Waals surface area (Å²) >= 11 is 0. The summed E-state index contributed by atoms with van der Waals surface area (Å²) in [5, 5.41) is 9.67. The minimum Gasteiger partial charge on any atom is -0.455 e. The van der Waals surface area contributed by atoms with E-state index < -0.39 is 5.56 Å². The van der Waals surface area contributed by atoms with Crippen molar-refractivity contribution in [3.8, 4) is 17.5 Å². The average molecular weight is 236 g/mol. The molecule has 1 N–H and O–H groups in total. The van der Waals surface area contributed by atoms with Crippen molar-refractivity contribution in [2.75, 3.05) is 0 Å². The van der Waals surface area contributed by atoms with Crippen molar-refractivity contribution in [2.24, 2.45) is 0 Å². The molecule has 18 heavy (non-hydrogen) atoms. The second kappa shape index (κ2) is 3.90. The maximum Gasteiger partial charge on any atom is 0.266 e. The van der Waals surface area contributed by atoms with Crippen LogP contribution in [-0.2, 0) is 0 Å². The van der Waals surface area contributed by atoms with E-state index in [2.05, 4.69) is 4.98 Å². The molecule has 0 aliphatic rings. The van der Waals surface area contributed by atoms with E-state index in [0.717, 1.165) is 11.0 Å². The first-order valence-electron chi connectivity index (χ1n) is 5.40. The lowest BCUT2D eigenvalue weighted by atomic mass is 10.2. The number of furan rings is 1. The third kappa shape index (κ3) is 1.59. The van der Waals surface area contributed by atoms with Crippen LogP contribution in [0.4, 0.5) is 0 Å². The second-order valence-electron chi connectivity index (χ2n) is 3.88. The fourth-order valence-electron chi connectivity index (χ4n) is 1.82. The molecule has 0 amide bonds. The van der Waals surface area contributed by atoms with E-state index >= 15 is 0 Å². The number of aromatic nitrogens is 1. The number of para-hydroxylation sites is 1. The number of rotatable bonds is 1. The molecule has 0 saturated heterocycles. The molecular weight excluding hydrogens is 228 g/mol. The van der Waals surface area contributed by atoms with E-state index in [0.29, 0.717) is 11.5 Å². The van der Waals surface area contributed by atoms with Gasteiger partial charge in [-0.25, -0.2) is 0 Å². The fraction of sp³-hybridized carbons (Fsp3) is 0. The molecule has 0 fully saturated rings. The number of pyridine rings is 1. The molecule has 3 aromatic rings. The van der Waals surface area contributed by atoms with Crippen molar-refractivity contribution in [3.05, 3.63) is 58.4 Å². The van der Waals surface area contributed by atoms with Gasteiger partial charge in [0.1, 0.15) is 17.2 Å². The first-order valence-corrected chi connectivity index (χ1v) is 5.40. The molecule has 4 nitrogen and oxygen atoms in total. The molecule has 1 aromatic carbocycles. The van der Waals surface area contributed by atoms with Crippen LogP contribution in [0.5, 0.6) is 0 Å². The van der Waals surface area contributed by atoms with Gasteiger partial charge in [-0.3, -0.25) is 4.79 Å². The zero-order valence-electron chi connectivity index (χ0n) is 9.31. The Bertz CT molecular complexity index is 788. The summed E-state index contributed by atoms with van der Waals surface area (Å²) in [6, 6.07) is 14.4. The number of benzene rings is 1. The van der Waals surface area contributed by atoms with Crippen LogP contribution in [0.1, 0.15) is 5.56 Å². The number of aromatic amines is 1. The van der Waals surface area contributed by atoms with Crippen LogP contribution in [0.25, 0.3) is 22.4 Å². The predicted octanol–water partition coefficient (Wildman–Crippen LogP) is 2.66. The lowest BCUT2D eigenvalue weighted by molar-refractivity contribution is 0.628. The molecule has 0 aliphatic carbocycles. The van der Waals surface area contributed by atoms with Gasteiger partial charge in [0.05, 0.1) is 5.69 Å². The van der Waals surface area contributed by atoms with Gasteiger partial charge in [-0.1, -0.05) is 18.2 Å². The number of H-pyrrole nitrogens is 1. The Labute approximate surface area is 102 Å². The average Bonchev–Trinajstić information content (AvgIpc) is 2.82. The van der Waals surface area contributed by atoms with Crippen LogP contribution in [0.3, 0.4) is 0 Å². The number of nitrogens with one attached hydrogen (secondary N) is 1. The van der Waals surface area contributed by atoms with E-state index in [1.54, 1.807) is 6.07 Å². The normalized spacial score (nSPS) is 10.4. The summed E-state index contributed by atoms with van der Waals surface area (Å²) < 4.78 is 5.63. The van der Waals surface area contributed by atoms with Gasteiger partial charge in [-0.2, -0.15) is 5.26 Å². The van der Waals surface area contributed by atoms with Gasteiger partial charge < -0.3 is 9.40 Å². The zero-order valence-corrected chi connectivity index (χ0v) is 9.31. The molecule has 0 unspecified atom stereocenters. The third-order valence-electron chi connectivity index (χ3n) is 2.72. The lowest BCUT2D eigenvalue weighted by Gasteiger charge is -1.95. The van der Waals surface area contributed by atoms with Crippen LogP contribution in [0, 0.1) is 11.3 Å². The van der Waals surface area contributed by atoms with Crippen molar-refractivity contribution in [3.63, 3.8) is 0 Å². The number of hydrogen-bond acceptors (Lipinski definition) is 3. The van der Waals surface area contributed by atoms with E-state index in [-0.39, 0.29) is 5.56 Å². The summed E-state index contributed by atoms with van der Waals surface area (Å²) in [5.41, 5.74) is 1.01. The van der Waals surface area contributed by atoms with E-state index in [4.69, 9.17) is 9.68 Å². The van der Waals surface area contributed by atoms with Crippen molar-refractivity contribution in [2.45, 2.75) is 0 Å². The van der Waals surface area contributed by atoms with Gasteiger partial charge in [0, 0.05) is 5.39 Å². The van der Waals surface area contributed by atoms with Gasteiger partial charge in [-0.15, -0.1) is 0 Å². The standard InChI is InChI=1S/C14H8N2O2/c15-8-10-5-6-11(16-14(10)17)13-7-9-3-1-2-4-12(9)18-13/h1-7H,(H,16,17). The minimum absolute atomic E-state index is 0.0925. The number of nitriles is 1. The Morgan fingerprint density at radius 1 is 1.17 bits per heavy atom. The Hall–Kier alpha value is -2.80. The zero-order chi connectivity index (χ0) is 12.5. The number of fused-ring (bicyclic) bond motifs is 1. The molecule has 0 radical (unpaired) electrons. The maximum atomic E-state index is 11.5. The molecule has 2 heterocycles. The van der Waals surface area contributed by atoms with E-state index in [9.17, 15) is 4.79 Å². The smallest absolute Gasteiger partial charge is 0.266 e. The minimum atomic E-state index is -0.407. The number of nitrogens with zero attached hydrogens (tertiary/aromatic N) is 1. The van der Waals surface area contributed by atoms with Crippen LogP contribution in [-0.4, -0.2) is 4.98 Å². The maximum absolute atomic E-state index is 11.5. The quantitative estimate of drug-likeness (QED) is 0.706. The van der Waals surface area contributed by atoms with Crippen LogP contribution in [0.2, 0.25) is 0 Å². The topological polar surface area (TPSA) is 69.8 Å². The molecule has 0 aliphatic heterocycles. The van der Waals surface area contributed by atoms with E-state index in [1.165, 1.54) is 6.07 Å². The van der Waals surface area contributed by atoms with Crippen LogP contribution in [0.15, 0.2) is 51.7 Å². The molecular formula is C14H8N2O2. The molecule has 3 rings (SSSR count). The summed E-state index contributed by atoms with van der Waals surface area (Å²) in [5.74, 6) is 0.581. The largest absolute Gasteiger partial charge is 0.455 e. The van der Waals surface area contributed by atoms with Crippen molar-refractivity contribution >= 4 is 11.0 Å². The molecule has 0 saturated carbocycles. The molecule has 2 aromatic heterocycles. The highest BCUT2D eigenvalue weighted by Gasteiger charge is 2.07.